The molecule has 0 spiro atoms. The second-order valence-electron chi connectivity index (χ2n) is 6.16. The summed E-state index contributed by atoms with van der Waals surface area (Å²) in [4.78, 5) is 20.7. The number of benzene rings is 1. The third-order valence-electron chi connectivity index (χ3n) is 4.32. The van der Waals surface area contributed by atoms with Gasteiger partial charge in [0.1, 0.15) is 11.9 Å². The third kappa shape index (κ3) is 4.72. The number of hydrogen-bond donors (Lipinski definition) is 1. The van der Waals surface area contributed by atoms with Crippen LogP contribution in [0, 0.1) is 11.3 Å². The average Bonchev–Trinajstić information content (AvgIpc) is 2.67. The van der Waals surface area contributed by atoms with E-state index in [1.165, 1.54) is 0 Å². The van der Waals surface area contributed by atoms with Gasteiger partial charge in [0.2, 0.25) is 5.91 Å². The van der Waals surface area contributed by atoms with Crippen LogP contribution in [0.3, 0.4) is 0 Å². The maximum Gasteiger partial charge on any atom is 0.234 e. The Bertz CT molecular complexity index is 812. The molecule has 1 aromatic carbocycles. The fraction of sp³-hybridized carbons (Fsp3) is 0.316. The van der Waals surface area contributed by atoms with E-state index in [4.69, 9.17) is 11.6 Å². The molecule has 0 bridgehead atoms. The molecule has 1 aliphatic rings. The Morgan fingerprint density at radius 1 is 1.23 bits per heavy atom. The van der Waals surface area contributed by atoms with E-state index in [-0.39, 0.29) is 5.91 Å². The first-order valence-electron chi connectivity index (χ1n) is 8.49. The molecule has 0 saturated carbocycles. The highest BCUT2D eigenvalue weighted by Gasteiger charge is 2.21. The summed E-state index contributed by atoms with van der Waals surface area (Å²) in [5, 5.41) is 12.8. The molecule has 2 aromatic rings. The first kappa shape index (κ1) is 18.2. The molecule has 2 heterocycles. The van der Waals surface area contributed by atoms with Crippen LogP contribution in [0.2, 0.25) is 5.02 Å². The lowest BCUT2D eigenvalue weighted by atomic mass is 10.2. The van der Waals surface area contributed by atoms with Crippen molar-refractivity contribution >= 4 is 23.3 Å². The number of nitrogens with one attached hydrogen (secondary N) is 1. The summed E-state index contributed by atoms with van der Waals surface area (Å²) < 4.78 is 0. The Morgan fingerprint density at radius 3 is 2.77 bits per heavy atom. The molecule has 1 saturated heterocycles. The van der Waals surface area contributed by atoms with Crippen LogP contribution in [-0.2, 0) is 11.3 Å². The minimum Gasteiger partial charge on any atom is -0.353 e. The molecule has 134 valence electrons. The van der Waals surface area contributed by atoms with Gasteiger partial charge in [-0.15, -0.1) is 0 Å². The van der Waals surface area contributed by atoms with Gasteiger partial charge in [0.15, 0.2) is 0 Å². The van der Waals surface area contributed by atoms with Crippen molar-refractivity contribution in [3.63, 3.8) is 0 Å². The maximum atomic E-state index is 12.2. The lowest BCUT2D eigenvalue weighted by Crippen LogP contribution is -2.49. The normalized spacial score (nSPS) is 14.7. The number of hydrogen-bond acceptors (Lipinski definition) is 5. The van der Waals surface area contributed by atoms with E-state index in [2.05, 4.69) is 26.2 Å². The van der Waals surface area contributed by atoms with E-state index in [9.17, 15) is 10.1 Å². The summed E-state index contributed by atoms with van der Waals surface area (Å²) in [5.74, 6) is 0.717. The van der Waals surface area contributed by atoms with Gasteiger partial charge in [-0.1, -0.05) is 23.7 Å². The molecular formula is C19H20ClN5O. The van der Waals surface area contributed by atoms with Crippen molar-refractivity contribution < 1.29 is 4.79 Å². The number of nitriles is 1. The van der Waals surface area contributed by atoms with Gasteiger partial charge in [-0.2, -0.15) is 5.26 Å². The van der Waals surface area contributed by atoms with Crippen molar-refractivity contribution in [3.05, 3.63) is 58.7 Å². The monoisotopic (exact) mass is 369 g/mol. The van der Waals surface area contributed by atoms with Crippen molar-refractivity contribution in [2.24, 2.45) is 0 Å². The van der Waals surface area contributed by atoms with E-state index in [0.29, 0.717) is 23.7 Å². The van der Waals surface area contributed by atoms with Crippen molar-refractivity contribution in [1.82, 2.24) is 15.2 Å². The standard InChI is InChI=1S/C19H20ClN5O/c20-17-5-1-3-15(11-17)13-23-18(26)14-24-7-9-25(10-8-24)19-16(12-21)4-2-6-22-19/h1-6,11H,7-10,13-14H2,(H,23,26). The first-order chi connectivity index (χ1) is 12.7. The number of anilines is 1. The average molecular weight is 370 g/mol. The lowest BCUT2D eigenvalue weighted by Gasteiger charge is -2.35. The molecule has 7 heteroatoms. The summed E-state index contributed by atoms with van der Waals surface area (Å²) in [5.41, 5.74) is 1.56. The van der Waals surface area contributed by atoms with Gasteiger partial charge in [0.25, 0.3) is 0 Å². The Balaban J connectivity index is 1.46. The maximum absolute atomic E-state index is 12.2. The quantitative estimate of drug-likeness (QED) is 0.873. The van der Waals surface area contributed by atoms with Gasteiger partial charge < -0.3 is 10.2 Å². The van der Waals surface area contributed by atoms with E-state index >= 15 is 0 Å². The molecule has 0 aliphatic carbocycles. The van der Waals surface area contributed by atoms with Crippen LogP contribution in [0.5, 0.6) is 0 Å². The van der Waals surface area contributed by atoms with Crippen LogP contribution < -0.4 is 10.2 Å². The Labute approximate surface area is 158 Å². The molecule has 1 N–H and O–H groups in total. The van der Waals surface area contributed by atoms with Crippen LogP contribution in [0.25, 0.3) is 0 Å². The van der Waals surface area contributed by atoms with Gasteiger partial charge in [-0.3, -0.25) is 9.69 Å². The Hall–Kier alpha value is -2.62. The molecule has 0 atom stereocenters. The molecule has 0 unspecified atom stereocenters. The summed E-state index contributed by atoms with van der Waals surface area (Å²) in [6.45, 7) is 3.83. The molecule has 26 heavy (non-hydrogen) atoms. The summed E-state index contributed by atoms with van der Waals surface area (Å²) in [6.07, 6.45) is 1.70. The fourth-order valence-corrected chi connectivity index (χ4v) is 3.17. The van der Waals surface area contributed by atoms with Crippen LogP contribution in [0.1, 0.15) is 11.1 Å². The summed E-state index contributed by atoms with van der Waals surface area (Å²) in [6, 6.07) is 13.2. The van der Waals surface area contributed by atoms with Gasteiger partial charge in [-0.05, 0) is 29.8 Å². The molecular weight excluding hydrogens is 350 g/mol. The minimum absolute atomic E-state index is 0.00558. The van der Waals surface area contributed by atoms with Gasteiger partial charge in [0.05, 0.1) is 12.1 Å². The van der Waals surface area contributed by atoms with Crippen molar-refractivity contribution in [3.8, 4) is 6.07 Å². The molecule has 1 amide bonds. The van der Waals surface area contributed by atoms with Gasteiger partial charge in [-0.25, -0.2) is 4.98 Å². The zero-order valence-electron chi connectivity index (χ0n) is 14.4. The number of halogens is 1. The molecule has 3 rings (SSSR count). The number of carbonyl (C=O) groups is 1. The molecule has 1 aliphatic heterocycles. The van der Waals surface area contributed by atoms with E-state index < -0.39 is 0 Å². The highest BCUT2D eigenvalue weighted by molar-refractivity contribution is 6.30. The second kappa shape index (κ2) is 8.65. The van der Waals surface area contributed by atoms with Gasteiger partial charge in [0, 0.05) is 43.9 Å². The second-order valence-corrected chi connectivity index (χ2v) is 6.59. The van der Waals surface area contributed by atoms with E-state index in [1.807, 2.05) is 24.3 Å². The SMILES string of the molecule is N#Cc1cccnc1N1CCN(CC(=O)NCc2cccc(Cl)c2)CC1. The number of pyridine rings is 1. The summed E-state index contributed by atoms with van der Waals surface area (Å²) >= 11 is 5.95. The Kier molecular flexibility index (Phi) is 6.05. The largest absolute Gasteiger partial charge is 0.353 e. The predicted octanol–water partition coefficient (Wildman–Crippen LogP) is 2.05. The zero-order valence-corrected chi connectivity index (χ0v) is 15.1. The van der Waals surface area contributed by atoms with Gasteiger partial charge >= 0.3 is 0 Å². The smallest absolute Gasteiger partial charge is 0.234 e. The van der Waals surface area contributed by atoms with E-state index in [1.54, 1.807) is 18.3 Å². The number of rotatable bonds is 5. The number of nitrogens with zero attached hydrogens (tertiary/aromatic N) is 4. The summed E-state index contributed by atoms with van der Waals surface area (Å²) in [7, 11) is 0. The van der Waals surface area contributed by atoms with E-state index in [0.717, 1.165) is 37.6 Å². The highest BCUT2D eigenvalue weighted by atomic mass is 35.5. The van der Waals surface area contributed by atoms with Crippen molar-refractivity contribution in [2.75, 3.05) is 37.6 Å². The van der Waals surface area contributed by atoms with Crippen molar-refractivity contribution in [1.29, 1.82) is 5.26 Å². The Morgan fingerprint density at radius 2 is 2.04 bits per heavy atom. The topological polar surface area (TPSA) is 72.3 Å². The predicted molar refractivity (Wildman–Crippen MR) is 101 cm³/mol. The van der Waals surface area contributed by atoms with Crippen LogP contribution >= 0.6 is 11.6 Å². The highest BCUT2D eigenvalue weighted by Crippen LogP contribution is 2.17. The zero-order chi connectivity index (χ0) is 18.4. The molecule has 1 aromatic heterocycles. The number of carbonyl (C=O) groups excluding carboxylic acids is 1. The number of piperazine rings is 1. The molecule has 0 radical (unpaired) electrons. The molecule has 6 nitrogen and oxygen atoms in total. The lowest BCUT2D eigenvalue weighted by molar-refractivity contribution is -0.122. The minimum atomic E-state index is -0.00558. The third-order valence-corrected chi connectivity index (χ3v) is 4.56. The van der Waals surface area contributed by atoms with Crippen molar-refractivity contribution in [2.45, 2.75) is 6.54 Å². The van der Waals surface area contributed by atoms with Crippen LogP contribution in [0.15, 0.2) is 42.6 Å². The first-order valence-corrected chi connectivity index (χ1v) is 8.87. The fourth-order valence-electron chi connectivity index (χ4n) is 2.96. The number of aromatic nitrogens is 1. The van der Waals surface area contributed by atoms with Crippen LogP contribution in [0.4, 0.5) is 5.82 Å². The molecule has 1 fully saturated rings. The van der Waals surface area contributed by atoms with Crippen LogP contribution in [-0.4, -0.2) is 48.5 Å². The number of amides is 1.